The number of aryl methyl sites for hydroxylation is 2. The summed E-state index contributed by atoms with van der Waals surface area (Å²) in [4.78, 5) is 4.67. The minimum atomic E-state index is 0.830. The number of hydrogen-bond acceptors (Lipinski definition) is 3. The smallest absolute Gasteiger partial charge is 0.0642 e. The molecule has 0 saturated carbocycles. The van der Waals surface area contributed by atoms with Crippen LogP contribution in [0.1, 0.15) is 17.5 Å². The number of benzene rings is 2. The van der Waals surface area contributed by atoms with Gasteiger partial charge in [0, 0.05) is 37.2 Å². The van der Waals surface area contributed by atoms with Gasteiger partial charge in [0.2, 0.25) is 0 Å². The summed E-state index contributed by atoms with van der Waals surface area (Å²) in [5.41, 5.74) is 6.87. The fraction of sp³-hybridized carbons (Fsp3) is 0.400. The first-order valence-electron chi connectivity index (χ1n) is 8.59. The van der Waals surface area contributed by atoms with Crippen LogP contribution >= 0.6 is 0 Å². The lowest BCUT2D eigenvalue weighted by Gasteiger charge is -2.29. The number of fused-ring (bicyclic) bond motifs is 1. The molecule has 1 saturated heterocycles. The molecule has 0 amide bonds. The maximum Gasteiger partial charge on any atom is 0.0642 e. The van der Waals surface area contributed by atoms with Crippen LogP contribution in [0.25, 0.3) is 0 Å². The van der Waals surface area contributed by atoms with E-state index in [-0.39, 0.29) is 0 Å². The first-order valence-corrected chi connectivity index (χ1v) is 8.59. The Hall–Kier alpha value is -2.00. The molecule has 3 nitrogen and oxygen atoms in total. The third kappa shape index (κ3) is 2.93. The molecule has 0 N–H and O–H groups in total. The molecule has 0 unspecified atom stereocenters. The topological polar surface area (TPSA) is 15.7 Å². The van der Waals surface area contributed by atoms with Crippen molar-refractivity contribution in [2.75, 3.05) is 43.2 Å². The lowest BCUT2D eigenvalue weighted by Crippen LogP contribution is -2.36. The summed E-state index contributed by atoms with van der Waals surface area (Å²) in [5.74, 6) is 0. The molecule has 1 fully saturated rings. The van der Waals surface area contributed by atoms with Crippen LogP contribution in [-0.4, -0.2) is 33.4 Å². The van der Waals surface area contributed by atoms with Crippen molar-refractivity contribution in [3.8, 4) is 0 Å². The fourth-order valence-electron chi connectivity index (χ4n) is 3.62. The Morgan fingerprint density at radius 2 is 1.57 bits per heavy atom. The van der Waals surface area contributed by atoms with E-state index < -0.39 is 0 Å². The van der Waals surface area contributed by atoms with E-state index in [1.165, 1.54) is 47.5 Å². The third-order valence-corrected chi connectivity index (χ3v) is 5.08. The normalized spacial score (nSPS) is 17.2. The van der Waals surface area contributed by atoms with Crippen LogP contribution in [0.4, 0.5) is 17.1 Å². The maximum atomic E-state index is 5.43. The molecule has 0 spiro atoms. The van der Waals surface area contributed by atoms with E-state index in [1.54, 1.807) is 0 Å². The van der Waals surface area contributed by atoms with Gasteiger partial charge in [-0.3, -0.25) is 0 Å². The number of hydrogen-bond donors (Lipinski definition) is 0. The largest absolute Gasteiger partial charge is 0.378 e. The summed E-state index contributed by atoms with van der Waals surface area (Å²) in [5, 5.41) is 0. The Morgan fingerprint density at radius 3 is 2.35 bits per heavy atom. The molecule has 0 atom stereocenters. The van der Waals surface area contributed by atoms with Crippen LogP contribution in [0.2, 0.25) is 0 Å². The van der Waals surface area contributed by atoms with Crippen LogP contribution in [0.5, 0.6) is 0 Å². The standard InChI is InChI=1S/C20H24N2O/c1-21(20-6-5-16-3-2-4-17(16)15-20)18-7-9-19(10-8-18)22-11-13-23-14-12-22/h5-10,15H,2-4,11-14H2,1H3. The minimum absolute atomic E-state index is 0.830. The Kier molecular flexibility index (Phi) is 3.96. The first kappa shape index (κ1) is 14.6. The van der Waals surface area contributed by atoms with E-state index in [4.69, 9.17) is 4.74 Å². The second-order valence-corrected chi connectivity index (χ2v) is 6.48. The number of morpholine rings is 1. The van der Waals surface area contributed by atoms with Gasteiger partial charge >= 0.3 is 0 Å². The van der Waals surface area contributed by atoms with Gasteiger partial charge < -0.3 is 14.5 Å². The number of ether oxygens (including phenoxy) is 1. The summed E-state index contributed by atoms with van der Waals surface area (Å²) in [7, 11) is 2.15. The van der Waals surface area contributed by atoms with Gasteiger partial charge in [-0.25, -0.2) is 0 Å². The SMILES string of the molecule is CN(c1ccc(N2CCOCC2)cc1)c1ccc2c(c1)CCC2. The average Bonchev–Trinajstić information content (AvgIpc) is 3.10. The third-order valence-electron chi connectivity index (χ3n) is 5.08. The molecule has 0 bridgehead atoms. The molecule has 1 aliphatic carbocycles. The number of anilines is 3. The Bertz CT molecular complexity index is 675. The Morgan fingerprint density at radius 1 is 0.870 bits per heavy atom. The zero-order valence-corrected chi connectivity index (χ0v) is 13.8. The van der Waals surface area contributed by atoms with Crippen LogP contribution < -0.4 is 9.80 Å². The van der Waals surface area contributed by atoms with E-state index in [0.29, 0.717) is 0 Å². The predicted octanol–water partition coefficient (Wildman–Crippen LogP) is 3.78. The minimum Gasteiger partial charge on any atom is -0.378 e. The summed E-state index contributed by atoms with van der Waals surface area (Å²) < 4.78 is 5.43. The van der Waals surface area contributed by atoms with Crippen molar-refractivity contribution >= 4 is 17.1 Å². The molecule has 4 rings (SSSR count). The monoisotopic (exact) mass is 308 g/mol. The van der Waals surface area contributed by atoms with Gasteiger partial charge in [0.05, 0.1) is 13.2 Å². The zero-order valence-electron chi connectivity index (χ0n) is 13.8. The lowest BCUT2D eigenvalue weighted by atomic mass is 10.1. The van der Waals surface area contributed by atoms with Gasteiger partial charge in [-0.2, -0.15) is 0 Å². The van der Waals surface area contributed by atoms with Gasteiger partial charge in [-0.15, -0.1) is 0 Å². The van der Waals surface area contributed by atoms with Crippen LogP contribution in [0.3, 0.4) is 0 Å². The summed E-state index contributed by atoms with van der Waals surface area (Å²) in [6.07, 6.45) is 3.78. The van der Waals surface area contributed by atoms with Gasteiger partial charge in [0.25, 0.3) is 0 Å². The molecule has 3 heteroatoms. The van der Waals surface area contributed by atoms with Crippen LogP contribution in [0, 0.1) is 0 Å². The average molecular weight is 308 g/mol. The van der Waals surface area contributed by atoms with Crippen LogP contribution in [0.15, 0.2) is 42.5 Å². The summed E-state index contributed by atoms with van der Waals surface area (Å²) in [6, 6.07) is 15.8. The zero-order chi connectivity index (χ0) is 15.6. The van der Waals surface area contributed by atoms with Gasteiger partial charge in [-0.05, 0) is 66.8 Å². The number of nitrogens with zero attached hydrogens (tertiary/aromatic N) is 2. The van der Waals surface area contributed by atoms with Crippen molar-refractivity contribution < 1.29 is 4.74 Å². The van der Waals surface area contributed by atoms with Gasteiger partial charge in [-0.1, -0.05) is 6.07 Å². The van der Waals surface area contributed by atoms with E-state index in [1.807, 2.05) is 0 Å². The highest BCUT2D eigenvalue weighted by molar-refractivity contribution is 5.66. The molecular formula is C20H24N2O. The van der Waals surface area contributed by atoms with Gasteiger partial charge in [0.15, 0.2) is 0 Å². The van der Waals surface area contributed by atoms with Crippen molar-refractivity contribution in [1.82, 2.24) is 0 Å². The Labute approximate surface area is 138 Å². The fourth-order valence-corrected chi connectivity index (χ4v) is 3.62. The van der Waals surface area contributed by atoms with Gasteiger partial charge in [0.1, 0.15) is 0 Å². The molecule has 2 aliphatic rings. The molecular weight excluding hydrogens is 284 g/mol. The van der Waals surface area contributed by atoms with Crippen LogP contribution in [-0.2, 0) is 17.6 Å². The highest BCUT2D eigenvalue weighted by Crippen LogP contribution is 2.30. The molecule has 120 valence electrons. The second-order valence-electron chi connectivity index (χ2n) is 6.48. The van der Waals surface area contributed by atoms with Crippen molar-refractivity contribution in [1.29, 1.82) is 0 Å². The van der Waals surface area contributed by atoms with E-state index in [2.05, 4.69) is 59.3 Å². The highest BCUT2D eigenvalue weighted by Gasteiger charge is 2.14. The van der Waals surface area contributed by atoms with E-state index in [9.17, 15) is 0 Å². The highest BCUT2D eigenvalue weighted by atomic mass is 16.5. The Balaban J connectivity index is 1.53. The van der Waals surface area contributed by atoms with E-state index >= 15 is 0 Å². The predicted molar refractivity (Wildman–Crippen MR) is 96.0 cm³/mol. The molecule has 1 heterocycles. The van der Waals surface area contributed by atoms with Crippen molar-refractivity contribution in [2.24, 2.45) is 0 Å². The molecule has 0 radical (unpaired) electrons. The quantitative estimate of drug-likeness (QED) is 0.858. The summed E-state index contributed by atoms with van der Waals surface area (Å²) >= 11 is 0. The lowest BCUT2D eigenvalue weighted by molar-refractivity contribution is 0.122. The van der Waals surface area contributed by atoms with Crippen molar-refractivity contribution in [2.45, 2.75) is 19.3 Å². The maximum absolute atomic E-state index is 5.43. The molecule has 2 aromatic rings. The molecule has 2 aromatic carbocycles. The van der Waals surface area contributed by atoms with E-state index in [0.717, 1.165) is 26.3 Å². The molecule has 1 aliphatic heterocycles. The molecule has 0 aromatic heterocycles. The first-order chi connectivity index (χ1) is 11.3. The summed E-state index contributed by atoms with van der Waals surface area (Å²) in [6.45, 7) is 3.63. The number of rotatable bonds is 3. The van der Waals surface area contributed by atoms with Crippen molar-refractivity contribution in [3.05, 3.63) is 53.6 Å². The van der Waals surface area contributed by atoms with Crippen molar-refractivity contribution in [3.63, 3.8) is 0 Å². The second kappa shape index (κ2) is 6.25. The molecule has 23 heavy (non-hydrogen) atoms.